The number of carbonyl (C=O) groups is 2. The first-order chi connectivity index (χ1) is 12.6. The van der Waals surface area contributed by atoms with E-state index in [2.05, 4.69) is 10.3 Å². The number of oxazole rings is 1. The van der Waals surface area contributed by atoms with Crippen LogP contribution in [0, 0.1) is 12.3 Å². The number of aliphatic carboxylic acids is 1. The van der Waals surface area contributed by atoms with Crippen molar-refractivity contribution in [1.29, 1.82) is 0 Å². The van der Waals surface area contributed by atoms with Crippen molar-refractivity contribution in [2.75, 3.05) is 0 Å². The van der Waals surface area contributed by atoms with E-state index >= 15 is 0 Å². The Kier molecular flexibility index (Phi) is 6.77. The molecule has 1 aromatic carbocycles. The summed E-state index contributed by atoms with van der Waals surface area (Å²) >= 11 is 0. The number of aryl methyl sites for hydroxylation is 2. The lowest BCUT2D eigenvalue weighted by atomic mass is 9.88. The van der Waals surface area contributed by atoms with E-state index in [-0.39, 0.29) is 17.7 Å². The molecule has 2 aromatic rings. The van der Waals surface area contributed by atoms with Crippen molar-refractivity contribution >= 4 is 11.9 Å². The van der Waals surface area contributed by atoms with E-state index in [4.69, 9.17) is 4.42 Å². The lowest BCUT2D eigenvalue weighted by molar-refractivity contribution is -0.142. The van der Waals surface area contributed by atoms with Gasteiger partial charge in [0.05, 0.1) is 6.20 Å². The summed E-state index contributed by atoms with van der Waals surface area (Å²) in [5, 5.41) is 11.9. The van der Waals surface area contributed by atoms with Crippen molar-refractivity contribution in [3.05, 3.63) is 41.9 Å². The topological polar surface area (TPSA) is 92.4 Å². The largest absolute Gasteiger partial charge is 0.480 e. The molecule has 0 aliphatic heterocycles. The van der Waals surface area contributed by atoms with Crippen LogP contribution >= 0.6 is 0 Å². The van der Waals surface area contributed by atoms with Crippen LogP contribution < -0.4 is 5.32 Å². The molecule has 1 unspecified atom stereocenters. The van der Waals surface area contributed by atoms with Crippen LogP contribution in [-0.2, 0) is 16.0 Å². The molecule has 0 aliphatic rings. The molecule has 6 nitrogen and oxygen atoms in total. The Balaban J connectivity index is 1.87. The minimum absolute atomic E-state index is 0.0168. The van der Waals surface area contributed by atoms with Gasteiger partial charge in [0.25, 0.3) is 0 Å². The monoisotopic (exact) mass is 372 g/mol. The van der Waals surface area contributed by atoms with Gasteiger partial charge in [-0.3, -0.25) is 4.79 Å². The number of aromatic nitrogens is 1. The standard InChI is InChI=1S/C21H28N2O4/c1-14-5-7-15(8-6-14)17-13-22-19(27-17)10-9-18(24)23-16(20(25)26)11-12-21(2,3)4/h5-8,13,16H,9-12H2,1-4H3,(H,23,24)(H,25,26). The fraction of sp³-hybridized carbons (Fsp3) is 0.476. The molecule has 1 aromatic heterocycles. The number of hydrogen-bond acceptors (Lipinski definition) is 4. The average Bonchev–Trinajstić information content (AvgIpc) is 3.05. The van der Waals surface area contributed by atoms with Crippen molar-refractivity contribution in [3.8, 4) is 11.3 Å². The number of carbonyl (C=O) groups excluding carboxylic acids is 1. The third-order valence-corrected chi connectivity index (χ3v) is 4.27. The molecule has 1 heterocycles. The number of rotatable bonds is 8. The molecule has 1 amide bonds. The molecule has 0 radical (unpaired) electrons. The van der Waals surface area contributed by atoms with Crippen molar-refractivity contribution in [2.45, 2.75) is 59.4 Å². The van der Waals surface area contributed by atoms with Gasteiger partial charge in [-0.25, -0.2) is 9.78 Å². The summed E-state index contributed by atoms with van der Waals surface area (Å²) < 4.78 is 5.70. The molecular weight excluding hydrogens is 344 g/mol. The SMILES string of the molecule is Cc1ccc(-c2cnc(CCC(=O)NC(CCC(C)(C)C)C(=O)O)o2)cc1. The maximum absolute atomic E-state index is 12.1. The highest BCUT2D eigenvalue weighted by Gasteiger charge is 2.22. The fourth-order valence-electron chi connectivity index (χ4n) is 2.60. The van der Waals surface area contributed by atoms with Gasteiger partial charge in [-0.1, -0.05) is 50.6 Å². The molecule has 1 atom stereocenters. The number of carboxylic acids is 1. The fourth-order valence-corrected chi connectivity index (χ4v) is 2.60. The number of nitrogens with one attached hydrogen (secondary N) is 1. The Morgan fingerprint density at radius 3 is 2.48 bits per heavy atom. The molecule has 0 bridgehead atoms. The van der Waals surface area contributed by atoms with Crippen LogP contribution in [0.2, 0.25) is 0 Å². The minimum Gasteiger partial charge on any atom is -0.480 e. The molecular formula is C21H28N2O4. The van der Waals surface area contributed by atoms with E-state index in [1.807, 2.05) is 52.0 Å². The number of nitrogens with zero attached hydrogens (tertiary/aromatic N) is 1. The lowest BCUT2D eigenvalue weighted by Gasteiger charge is -2.21. The first kappa shape index (κ1) is 20.7. The highest BCUT2D eigenvalue weighted by Crippen LogP contribution is 2.22. The molecule has 0 saturated carbocycles. The summed E-state index contributed by atoms with van der Waals surface area (Å²) in [4.78, 5) is 27.7. The molecule has 2 N–H and O–H groups in total. The molecule has 0 saturated heterocycles. The zero-order valence-electron chi connectivity index (χ0n) is 16.4. The third-order valence-electron chi connectivity index (χ3n) is 4.27. The van der Waals surface area contributed by atoms with Crippen LogP contribution in [0.4, 0.5) is 0 Å². The smallest absolute Gasteiger partial charge is 0.326 e. The second kappa shape index (κ2) is 8.84. The van der Waals surface area contributed by atoms with E-state index in [1.54, 1.807) is 6.20 Å². The van der Waals surface area contributed by atoms with Gasteiger partial charge in [-0.15, -0.1) is 0 Å². The van der Waals surface area contributed by atoms with E-state index in [0.717, 1.165) is 11.1 Å². The Labute approximate surface area is 160 Å². The van der Waals surface area contributed by atoms with Gasteiger partial charge in [0.2, 0.25) is 5.91 Å². The van der Waals surface area contributed by atoms with E-state index in [1.165, 1.54) is 0 Å². The van der Waals surface area contributed by atoms with E-state index in [9.17, 15) is 14.7 Å². The Morgan fingerprint density at radius 2 is 1.89 bits per heavy atom. The zero-order valence-corrected chi connectivity index (χ0v) is 16.4. The normalized spacial score (nSPS) is 12.6. The van der Waals surface area contributed by atoms with Crippen LogP contribution in [0.3, 0.4) is 0 Å². The van der Waals surface area contributed by atoms with Gasteiger partial charge in [-0.05, 0) is 25.2 Å². The summed E-state index contributed by atoms with van der Waals surface area (Å²) in [6, 6.07) is 7.03. The Morgan fingerprint density at radius 1 is 1.22 bits per heavy atom. The maximum atomic E-state index is 12.1. The molecule has 2 rings (SSSR count). The van der Waals surface area contributed by atoms with Gasteiger partial charge in [-0.2, -0.15) is 0 Å². The number of amides is 1. The number of hydrogen-bond donors (Lipinski definition) is 2. The highest BCUT2D eigenvalue weighted by atomic mass is 16.4. The average molecular weight is 372 g/mol. The molecule has 146 valence electrons. The highest BCUT2D eigenvalue weighted by molar-refractivity contribution is 5.83. The van der Waals surface area contributed by atoms with Gasteiger partial charge >= 0.3 is 5.97 Å². The summed E-state index contributed by atoms with van der Waals surface area (Å²) in [7, 11) is 0. The first-order valence-electron chi connectivity index (χ1n) is 9.18. The van der Waals surface area contributed by atoms with Gasteiger partial charge in [0.15, 0.2) is 11.7 Å². The van der Waals surface area contributed by atoms with Gasteiger partial charge < -0.3 is 14.8 Å². The van der Waals surface area contributed by atoms with Crippen LogP contribution in [-0.4, -0.2) is 28.0 Å². The molecule has 6 heteroatoms. The second-order valence-corrected chi connectivity index (χ2v) is 8.04. The number of benzene rings is 1. The lowest BCUT2D eigenvalue weighted by Crippen LogP contribution is -2.41. The first-order valence-corrected chi connectivity index (χ1v) is 9.18. The zero-order chi connectivity index (χ0) is 20.0. The molecule has 27 heavy (non-hydrogen) atoms. The van der Waals surface area contributed by atoms with Crippen LogP contribution in [0.25, 0.3) is 11.3 Å². The predicted octanol–water partition coefficient (Wildman–Crippen LogP) is 3.98. The van der Waals surface area contributed by atoms with Crippen molar-refractivity contribution in [1.82, 2.24) is 10.3 Å². The minimum atomic E-state index is -1.01. The van der Waals surface area contributed by atoms with E-state index in [0.29, 0.717) is 30.9 Å². The summed E-state index contributed by atoms with van der Waals surface area (Å²) in [5.74, 6) is -0.210. The van der Waals surface area contributed by atoms with Gasteiger partial charge in [0, 0.05) is 18.4 Å². The van der Waals surface area contributed by atoms with Crippen molar-refractivity contribution in [3.63, 3.8) is 0 Å². The van der Waals surface area contributed by atoms with Gasteiger partial charge in [0.1, 0.15) is 6.04 Å². The predicted molar refractivity (Wildman–Crippen MR) is 103 cm³/mol. The third kappa shape index (κ3) is 6.89. The summed E-state index contributed by atoms with van der Waals surface area (Å²) in [5.41, 5.74) is 2.11. The van der Waals surface area contributed by atoms with Crippen molar-refractivity contribution < 1.29 is 19.1 Å². The second-order valence-electron chi connectivity index (χ2n) is 8.04. The van der Waals surface area contributed by atoms with Crippen LogP contribution in [0.15, 0.2) is 34.9 Å². The summed E-state index contributed by atoms with van der Waals surface area (Å²) in [6.07, 6.45) is 3.21. The summed E-state index contributed by atoms with van der Waals surface area (Å²) in [6.45, 7) is 8.14. The van der Waals surface area contributed by atoms with E-state index < -0.39 is 12.0 Å². The molecule has 0 fully saturated rings. The molecule has 0 aliphatic carbocycles. The quantitative estimate of drug-likeness (QED) is 0.731. The maximum Gasteiger partial charge on any atom is 0.326 e. The Hall–Kier alpha value is -2.63. The van der Waals surface area contributed by atoms with Crippen LogP contribution in [0.5, 0.6) is 0 Å². The molecule has 0 spiro atoms. The van der Waals surface area contributed by atoms with Crippen molar-refractivity contribution in [2.24, 2.45) is 5.41 Å². The van der Waals surface area contributed by atoms with Crippen LogP contribution in [0.1, 0.15) is 51.5 Å². The Bertz CT molecular complexity index is 772. The number of carboxylic acid groups (broad SMARTS) is 1.